The molecule has 0 N–H and O–H groups in total. The van der Waals surface area contributed by atoms with Gasteiger partial charge < -0.3 is 32.9 Å². The summed E-state index contributed by atoms with van der Waals surface area (Å²) in [5.74, 6) is 0. The lowest BCUT2D eigenvalue weighted by atomic mass is 10.1. The minimum absolute atomic E-state index is 0.000447. The lowest BCUT2D eigenvalue weighted by Gasteiger charge is -2.46. The molecule has 0 saturated heterocycles. The fraction of sp³-hybridized carbons (Fsp3) is 0.481. The second-order valence-electron chi connectivity index (χ2n) is 25.6. The van der Waals surface area contributed by atoms with Crippen LogP contribution in [0.15, 0.2) is 117 Å². The van der Waals surface area contributed by atoms with Crippen LogP contribution in [0.5, 0.6) is 0 Å². The van der Waals surface area contributed by atoms with Gasteiger partial charge in [0.25, 0.3) is 17.1 Å². The van der Waals surface area contributed by atoms with Gasteiger partial charge in [0.1, 0.15) is 17.1 Å². The number of allylic oxidation sites excluding steroid dienone is 2. The normalized spacial score (nSPS) is 14.8. The Bertz CT molecular complexity index is 3210. The second-order valence-corrected chi connectivity index (χ2v) is 59.5. The Labute approximate surface area is 531 Å². The highest BCUT2D eigenvalue weighted by molar-refractivity contribution is 6.93. The fourth-order valence-corrected chi connectivity index (χ4v) is 57.4. The van der Waals surface area contributed by atoms with Crippen LogP contribution in [0.2, 0.25) is 128 Å². The number of nitro benzene ring substituents is 3. The average Bonchev–Trinajstić information content (AvgIpc) is 1.86. The van der Waals surface area contributed by atoms with Crippen molar-refractivity contribution in [3.8, 4) is 33.8 Å². The first-order valence-electron chi connectivity index (χ1n) is 29.6. The number of nitro groups is 3. The Balaban J connectivity index is 1.20. The first-order chi connectivity index (χ1) is 41.3. The van der Waals surface area contributed by atoms with Gasteiger partial charge in [-0.3, -0.25) is 44.4 Å². The van der Waals surface area contributed by atoms with Gasteiger partial charge in [0.2, 0.25) is 0 Å². The van der Waals surface area contributed by atoms with E-state index in [9.17, 15) is 30.3 Å². The van der Waals surface area contributed by atoms with Gasteiger partial charge in [-0.1, -0.05) is 27.8 Å². The summed E-state index contributed by atoms with van der Waals surface area (Å²) in [7, 11) is -26.4. The summed E-state index contributed by atoms with van der Waals surface area (Å²) in [5.41, 5.74) is 3.94. The number of aromatic nitrogens is 9. The average molecular weight is 1380 g/mol. The monoisotopic (exact) mass is 1380 g/mol. The zero-order valence-electron chi connectivity index (χ0n) is 54.1. The third-order valence-corrected chi connectivity index (χ3v) is 50.7. The summed E-state index contributed by atoms with van der Waals surface area (Å²) in [6, 6.07) is 21.9. The number of benzene rings is 3. The van der Waals surface area contributed by atoms with Crippen LogP contribution in [0.4, 0.5) is 17.1 Å². The van der Waals surface area contributed by atoms with Gasteiger partial charge in [0, 0.05) is 72.7 Å². The second kappa shape index (κ2) is 29.8. The molecule has 3 heterocycles. The quantitative estimate of drug-likeness (QED) is 0.0150. The van der Waals surface area contributed by atoms with Gasteiger partial charge in [0.05, 0.1) is 33.4 Å². The predicted molar refractivity (Wildman–Crippen MR) is 363 cm³/mol. The van der Waals surface area contributed by atoms with Crippen molar-refractivity contribution in [2.45, 2.75) is 167 Å². The number of hydrogen-bond donors (Lipinski definition) is 0. The molecule has 2 atom stereocenters. The van der Waals surface area contributed by atoms with E-state index in [0.29, 0.717) is 79.7 Å². The number of nitrogens with zero attached hydrogens (tertiary/aromatic N) is 12. The third-order valence-electron chi connectivity index (χ3n) is 13.9. The van der Waals surface area contributed by atoms with Crippen molar-refractivity contribution in [3.05, 3.63) is 147 Å². The molecule has 3 aromatic heterocycles. The molecule has 0 fully saturated rings. The van der Waals surface area contributed by atoms with Gasteiger partial charge in [-0.15, -0.1) is 28.5 Å². The van der Waals surface area contributed by atoms with E-state index >= 15 is 0 Å². The molecule has 6 rings (SSSR count). The zero-order valence-corrected chi connectivity index (χ0v) is 63.1. The molecule has 3 aromatic carbocycles. The Hall–Kier alpha value is -5.61. The lowest BCUT2D eigenvalue weighted by Crippen LogP contribution is -2.63. The van der Waals surface area contributed by atoms with Gasteiger partial charge in [-0.2, -0.15) is 0 Å². The van der Waals surface area contributed by atoms with Gasteiger partial charge in [0.15, 0.2) is 16.6 Å². The first-order valence-corrected chi connectivity index (χ1v) is 54.7. The molecule has 6 aromatic rings. The van der Waals surface area contributed by atoms with Crippen molar-refractivity contribution in [1.82, 2.24) is 45.0 Å². The predicted octanol–water partition coefficient (Wildman–Crippen LogP) is 13.7. The maximum atomic E-state index is 11.4. The molecular weight excluding hydrogens is 1290 g/mol. The highest BCUT2D eigenvalue weighted by atomic mass is 28.5. The van der Waals surface area contributed by atoms with Crippen LogP contribution in [-0.2, 0) is 52.6 Å². The number of aryl methyl sites for hydroxylation is 3. The van der Waals surface area contributed by atoms with E-state index in [2.05, 4.69) is 89.9 Å². The molecular formula is C54H88N12O14Si9. The van der Waals surface area contributed by atoms with E-state index < -0.39 is 91.3 Å². The Morgan fingerprint density at radius 2 is 0.629 bits per heavy atom. The van der Waals surface area contributed by atoms with Gasteiger partial charge in [-0.05, 0) is 184 Å². The van der Waals surface area contributed by atoms with E-state index in [0.717, 1.165) is 23.2 Å². The summed E-state index contributed by atoms with van der Waals surface area (Å²) in [6.07, 6.45) is 11.2. The highest BCUT2D eigenvalue weighted by Gasteiger charge is 2.52. The smallest absolute Gasteiger partial charge is 0.317 e. The number of non-ortho nitro benzene ring substituents is 3. The molecule has 0 aliphatic rings. The zero-order chi connectivity index (χ0) is 65.9. The molecule has 0 radical (unpaired) electrons. The van der Waals surface area contributed by atoms with Crippen LogP contribution in [0.3, 0.4) is 0 Å². The molecule has 484 valence electrons. The topological polar surface area (TPSA) is 295 Å². The van der Waals surface area contributed by atoms with E-state index in [1.54, 1.807) is 50.4 Å². The molecule has 0 bridgehead atoms. The van der Waals surface area contributed by atoms with Crippen molar-refractivity contribution in [1.29, 1.82) is 0 Å². The minimum atomic E-state index is -3.30. The Morgan fingerprint density at radius 3 is 0.854 bits per heavy atom. The standard InChI is InChI=1S/C54H88N12O14Si9/c1-18-38-81(3,4)73-87(15,40-20-35-61-43-52(55-58-61)46-23-29-49(30-24-46)64(67)68)77-83(7,8)75-85(11,12)79-89(17,42-22-37-63-45-54(57-60-63)48-27-33-51(34-28-48)66(71)72)80-86(13,14)76-84(9,10)78-88(16,74-82(5,6)39-19-2)41-21-36-62-44-53(56-59-62)47-25-31-50(32-26-47)65(69)70/h18-19,23-34,43-45H,1-2,20-22,35-42H2,3-17H3. The molecule has 0 amide bonds. The van der Waals surface area contributed by atoms with Gasteiger partial charge in [-0.25, -0.2) is 0 Å². The molecule has 35 heteroatoms. The van der Waals surface area contributed by atoms with Crippen LogP contribution >= 0.6 is 0 Å². The summed E-state index contributed by atoms with van der Waals surface area (Å²) in [6.45, 7) is 40.9. The van der Waals surface area contributed by atoms with Crippen molar-refractivity contribution in [2.75, 3.05) is 0 Å². The van der Waals surface area contributed by atoms with Crippen molar-refractivity contribution >= 4 is 93.6 Å². The van der Waals surface area contributed by atoms with Crippen LogP contribution in [0, 0.1) is 30.3 Å². The SMILES string of the molecule is C=CC[Si](C)(C)O[Si](C)(CCCn1cc(-c2ccc([N+](=O)[O-])cc2)nn1)O[Si](C)(C)O[Si](C)(C)O[Si](C)(CCCn1cc(-c2ccc([N+](=O)[O-])cc2)nn1)O[Si](C)(C)O[Si](C)(C)O[Si](C)(CCCn1cc(-c2ccc([N+](=O)[O-])cc2)nn1)O[Si](C)(C)CC=C. The molecule has 0 spiro atoms. The molecule has 0 saturated carbocycles. The molecule has 0 aliphatic heterocycles. The minimum Gasteiger partial charge on any atom is -0.436 e. The molecule has 0 aliphatic carbocycles. The number of hydrogen-bond acceptors (Lipinski definition) is 20. The van der Waals surface area contributed by atoms with E-state index in [1.807, 2.05) is 83.1 Å². The summed E-state index contributed by atoms with van der Waals surface area (Å²) < 4.78 is 63.5. The molecule has 26 nitrogen and oxygen atoms in total. The first kappa shape index (κ1) is 72.5. The van der Waals surface area contributed by atoms with Gasteiger partial charge >= 0.3 is 59.9 Å². The maximum Gasteiger partial charge on any atom is 0.317 e. The summed E-state index contributed by atoms with van der Waals surface area (Å²) >= 11 is 0. The highest BCUT2D eigenvalue weighted by Crippen LogP contribution is 2.36. The van der Waals surface area contributed by atoms with Crippen molar-refractivity contribution in [2.24, 2.45) is 0 Å². The van der Waals surface area contributed by atoms with E-state index in [1.165, 1.54) is 36.4 Å². The van der Waals surface area contributed by atoms with Crippen LogP contribution < -0.4 is 0 Å². The van der Waals surface area contributed by atoms with E-state index in [4.69, 9.17) is 32.9 Å². The van der Waals surface area contributed by atoms with Crippen molar-refractivity contribution in [3.63, 3.8) is 0 Å². The van der Waals surface area contributed by atoms with Crippen LogP contribution in [0.1, 0.15) is 19.3 Å². The van der Waals surface area contributed by atoms with Crippen LogP contribution in [-0.4, -0.2) is 136 Å². The summed E-state index contributed by atoms with van der Waals surface area (Å²) in [5, 5.41) is 60.1. The fourth-order valence-electron chi connectivity index (χ4n) is 11.2. The Kier molecular flexibility index (Phi) is 24.2. The molecule has 89 heavy (non-hydrogen) atoms. The lowest BCUT2D eigenvalue weighted by molar-refractivity contribution is -0.385. The maximum absolute atomic E-state index is 11.4. The number of rotatable bonds is 38. The summed E-state index contributed by atoms with van der Waals surface area (Å²) in [4.78, 5) is 32.6. The largest absolute Gasteiger partial charge is 0.436 e. The third kappa shape index (κ3) is 22.9. The Morgan fingerprint density at radius 1 is 0.393 bits per heavy atom. The van der Waals surface area contributed by atoms with E-state index in [-0.39, 0.29) is 17.1 Å². The molecule has 2 unspecified atom stereocenters. The van der Waals surface area contributed by atoms with Crippen molar-refractivity contribution < 1.29 is 47.7 Å². The van der Waals surface area contributed by atoms with Crippen LogP contribution in [0.25, 0.3) is 33.8 Å².